The Kier molecular flexibility index (Phi) is 5.31. The topological polar surface area (TPSA) is 91.2 Å². The van der Waals surface area contributed by atoms with Gasteiger partial charge in [-0.15, -0.1) is 10.2 Å². The zero-order chi connectivity index (χ0) is 21.3. The maximum atomic E-state index is 13.5. The number of hydrogen-bond acceptors (Lipinski definition) is 6. The van der Waals surface area contributed by atoms with Crippen LogP contribution < -0.4 is 10.2 Å². The first-order valence-electron chi connectivity index (χ1n) is 9.84. The fourth-order valence-electron chi connectivity index (χ4n) is 3.80. The van der Waals surface area contributed by atoms with Crippen LogP contribution >= 0.6 is 0 Å². The minimum Gasteiger partial charge on any atom is -0.478 e. The summed E-state index contributed by atoms with van der Waals surface area (Å²) in [4.78, 5) is 18.2. The van der Waals surface area contributed by atoms with Gasteiger partial charge in [0, 0.05) is 18.3 Å². The molecule has 0 fully saturated rings. The standard InChI is InChI=1S/C22H22FN5O2/c1-3-18-20(24-12-14-6-4-7-15(23)11-14)25-22(27-26-18)28-13(2)10-17-16(21(29)30)8-5-9-19(17)28/h4-9,11,13H,3,10,12H2,1-2H3,(H,29,30)(H,24,25,27). The molecule has 0 aliphatic carbocycles. The van der Waals surface area contributed by atoms with E-state index in [1.54, 1.807) is 18.2 Å². The smallest absolute Gasteiger partial charge is 0.336 e. The Bertz CT molecular complexity index is 1100. The summed E-state index contributed by atoms with van der Waals surface area (Å²) in [5, 5.41) is 21.4. The number of benzene rings is 2. The molecule has 0 saturated carbocycles. The lowest BCUT2D eigenvalue weighted by Gasteiger charge is -2.23. The fraction of sp³-hybridized carbons (Fsp3) is 0.273. The molecular formula is C22H22FN5O2. The number of aromatic nitrogens is 3. The molecule has 1 unspecified atom stereocenters. The first-order chi connectivity index (χ1) is 14.5. The number of nitrogens with zero attached hydrogens (tertiary/aromatic N) is 4. The van der Waals surface area contributed by atoms with E-state index in [1.165, 1.54) is 12.1 Å². The number of aryl methyl sites for hydroxylation is 1. The molecule has 3 aromatic rings. The molecule has 0 radical (unpaired) electrons. The summed E-state index contributed by atoms with van der Waals surface area (Å²) in [6, 6.07) is 11.6. The van der Waals surface area contributed by atoms with Crippen LogP contribution in [0, 0.1) is 5.82 Å². The molecule has 7 nitrogen and oxygen atoms in total. The molecule has 1 aromatic heterocycles. The Morgan fingerprint density at radius 2 is 2.07 bits per heavy atom. The van der Waals surface area contributed by atoms with Crippen LogP contribution in [0.1, 0.15) is 41.0 Å². The summed E-state index contributed by atoms with van der Waals surface area (Å²) in [5.41, 5.74) is 3.36. The van der Waals surface area contributed by atoms with Gasteiger partial charge in [0.2, 0.25) is 0 Å². The van der Waals surface area contributed by atoms with Crippen molar-refractivity contribution in [1.82, 2.24) is 15.2 Å². The van der Waals surface area contributed by atoms with Crippen molar-refractivity contribution in [3.63, 3.8) is 0 Å². The quantitative estimate of drug-likeness (QED) is 0.639. The largest absolute Gasteiger partial charge is 0.478 e. The third-order valence-corrected chi connectivity index (χ3v) is 5.23. The van der Waals surface area contributed by atoms with Gasteiger partial charge in [-0.1, -0.05) is 25.1 Å². The Labute approximate surface area is 173 Å². The molecule has 0 amide bonds. The van der Waals surface area contributed by atoms with Crippen molar-refractivity contribution in [2.24, 2.45) is 0 Å². The highest BCUT2D eigenvalue weighted by atomic mass is 19.1. The highest BCUT2D eigenvalue weighted by molar-refractivity contribution is 5.92. The summed E-state index contributed by atoms with van der Waals surface area (Å²) < 4.78 is 13.5. The summed E-state index contributed by atoms with van der Waals surface area (Å²) >= 11 is 0. The third-order valence-electron chi connectivity index (χ3n) is 5.23. The Balaban J connectivity index is 1.67. The molecule has 2 N–H and O–H groups in total. The van der Waals surface area contributed by atoms with Gasteiger partial charge in [-0.05, 0) is 55.2 Å². The number of nitrogens with one attached hydrogen (secondary N) is 1. The van der Waals surface area contributed by atoms with Crippen LogP contribution in [0.4, 0.5) is 21.8 Å². The zero-order valence-corrected chi connectivity index (χ0v) is 16.8. The van der Waals surface area contributed by atoms with Gasteiger partial charge in [0.1, 0.15) is 11.5 Å². The zero-order valence-electron chi connectivity index (χ0n) is 16.8. The predicted octanol–water partition coefficient (Wildman–Crippen LogP) is 3.97. The molecule has 2 heterocycles. The molecule has 0 spiro atoms. The van der Waals surface area contributed by atoms with E-state index in [1.807, 2.05) is 30.9 Å². The minimum atomic E-state index is -0.946. The number of carboxylic acids is 1. The molecule has 1 aliphatic rings. The van der Waals surface area contributed by atoms with Gasteiger partial charge in [-0.3, -0.25) is 0 Å². The van der Waals surface area contributed by atoms with Crippen LogP contribution in [0.3, 0.4) is 0 Å². The van der Waals surface area contributed by atoms with Crippen molar-refractivity contribution in [3.8, 4) is 0 Å². The van der Waals surface area contributed by atoms with Crippen molar-refractivity contribution in [3.05, 3.63) is 70.7 Å². The Morgan fingerprint density at radius 1 is 1.27 bits per heavy atom. The second kappa shape index (κ2) is 8.06. The number of fused-ring (bicyclic) bond motifs is 1. The number of rotatable bonds is 6. The maximum Gasteiger partial charge on any atom is 0.336 e. The number of hydrogen-bond donors (Lipinski definition) is 2. The van der Waals surface area contributed by atoms with Gasteiger partial charge < -0.3 is 15.3 Å². The van der Waals surface area contributed by atoms with Gasteiger partial charge in [-0.25, -0.2) is 9.18 Å². The maximum absolute atomic E-state index is 13.5. The summed E-state index contributed by atoms with van der Waals surface area (Å²) in [7, 11) is 0. The molecule has 4 rings (SSSR count). The number of halogens is 1. The average Bonchev–Trinajstić information content (AvgIpc) is 3.07. The Morgan fingerprint density at radius 3 is 2.80 bits per heavy atom. The number of carboxylic acid groups (broad SMARTS) is 1. The summed E-state index contributed by atoms with van der Waals surface area (Å²) in [6.45, 7) is 4.37. The van der Waals surface area contributed by atoms with Crippen LogP contribution in [0.25, 0.3) is 0 Å². The number of carbonyl (C=O) groups is 1. The predicted molar refractivity (Wildman–Crippen MR) is 112 cm³/mol. The van der Waals surface area contributed by atoms with Crippen molar-refractivity contribution in [2.45, 2.75) is 39.3 Å². The van der Waals surface area contributed by atoms with Gasteiger partial charge in [0.25, 0.3) is 5.95 Å². The van der Waals surface area contributed by atoms with E-state index in [2.05, 4.69) is 20.5 Å². The summed E-state index contributed by atoms with van der Waals surface area (Å²) in [6.07, 6.45) is 1.23. The van der Waals surface area contributed by atoms with E-state index in [9.17, 15) is 14.3 Å². The second-order valence-electron chi connectivity index (χ2n) is 7.28. The fourth-order valence-corrected chi connectivity index (χ4v) is 3.80. The first kappa shape index (κ1) is 19.8. The van der Waals surface area contributed by atoms with Crippen molar-refractivity contribution in [1.29, 1.82) is 0 Å². The normalized spacial score (nSPS) is 15.2. The van der Waals surface area contributed by atoms with E-state index in [-0.39, 0.29) is 11.9 Å². The lowest BCUT2D eigenvalue weighted by atomic mass is 10.0. The third kappa shape index (κ3) is 3.68. The van der Waals surface area contributed by atoms with Gasteiger partial charge >= 0.3 is 5.97 Å². The number of anilines is 3. The monoisotopic (exact) mass is 407 g/mol. The average molecular weight is 407 g/mol. The van der Waals surface area contributed by atoms with E-state index >= 15 is 0 Å². The van der Waals surface area contributed by atoms with Crippen LogP contribution in [0.2, 0.25) is 0 Å². The SMILES string of the molecule is CCc1nnc(N2c3cccc(C(=O)O)c3CC2C)nc1NCc1cccc(F)c1. The summed E-state index contributed by atoms with van der Waals surface area (Å²) in [5.74, 6) is -0.244. The van der Waals surface area contributed by atoms with Crippen molar-refractivity contribution >= 4 is 23.4 Å². The van der Waals surface area contributed by atoms with Crippen LogP contribution in [0.5, 0.6) is 0 Å². The minimum absolute atomic E-state index is 0.00848. The molecule has 0 saturated heterocycles. The highest BCUT2D eigenvalue weighted by Gasteiger charge is 2.32. The van der Waals surface area contributed by atoms with E-state index in [0.29, 0.717) is 42.4 Å². The highest BCUT2D eigenvalue weighted by Crippen LogP contribution is 2.38. The van der Waals surface area contributed by atoms with Gasteiger partial charge in [0.15, 0.2) is 5.82 Å². The molecule has 154 valence electrons. The van der Waals surface area contributed by atoms with Gasteiger partial charge in [0.05, 0.1) is 5.56 Å². The molecule has 2 aromatic carbocycles. The van der Waals surface area contributed by atoms with E-state index < -0.39 is 5.97 Å². The first-order valence-corrected chi connectivity index (χ1v) is 9.84. The molecule has 8 heteroatoms. The van der Waals surface area contributed by atoms with E-state index in [4.69, 9.17) is 0 Å². The number of aromatic carboxylic acids is 1. The van der Waals surface area contributed by atoms with Crippen LogP contribution in [-0.4, -0.2) is 32.3 Å². The molecular weight excluding hydrogens is 385 g/mol. The van der Waals surface area contributed by atoms with Crippen molar-refractivity contribution in [2.75, 3.05) is 10.2 Å². The lowest BCUT2D eigenvalue weighted by Crippen LogP contribution is -2.27. The van der Waals surface area contributed by atoms with Gasteiger partial charge in [-0.2, -0.15) is 4.98 Å². The second-order valence-corrected chi connectivity index (χ2v) is 7.28. The van der Waals surface area contributed by atoms with Crippen molar-refractivity contribution < 1.29 is 14.3 Å². The van der Waals surface area contributed by atoms with E-state index in [0.717, 1.165) is 16.8 Å². The lowest BCUT2D eigenvalue weighted by molar-refractivity contribution is 0.0696. The molecule has 0 bridgehead atoms. The van der Waals surface area contributed by atoms with Crippen LogP contribution in [0.15, 0.2) is 42.5 Å². The van der Waals surface area contributed by atoms with Crippen LogP contribution in [-0.2, 0) is 19.4 Å². The Hall–Kier alpha value is -3.55. The molecule has 1 aliphatic heterocycles. The molecule has 30 heavy (non-hydrogen) atoms. The molecule has 1 atom stereocenters.